The zero-order chi connectivity index (χ0) is 24.5. The molecule has 0 aliphatic carbocycles. The van der Waals surface area contributed by atoms with Gasteiger partial charge in [0, 0.05) is 45.1 Å². The number of nitriles is 1. The number of amides is 2. The zero-order valence-corrected chi connectivity index (χ0v) is 20.2. The molecule has 1 N–H and O–H groups in total. The topological polar surface area (TPSA) is 113 Å². The van der Waals surface area contributed by atoms with Gasteiger partial charge in [0.2, 0.25) is 5.91 Å². The van der Waals surface area contributed by atoms with E-state index < -0.39 is 0 Å². The molecule has 3 heterocycles. The highest BCUT2D eigenvalue weighted by Crippen LogP contribution is 2.27. The van der Waals surface area contributed by atoms with E-state index in [-0.39, 0.29) is 17.7 Å². The van der Waals surface area contributed by atoms with Crippen LogP contribution in [0.1, 0.15) is 46.5 Å². The third-order valence-corrected chi connectivity index (χ3v) is 6.93. The maximum absolute atomic E-state index is 13.3. The van der Waals surface area contributed by atoms with Crippen LogP contribution < -0.4 is 10.2 Å². The fraction of sp³-hybridized carbons (Fsp3) is 0.400. The largest absolute Gasteiger partial charge is 0.381 e. The first-order chi connectivity index (χ1) is 17.1. The average molecular weight is 493 g/mol. The Bertz CT molecular complexity index is 1150. The molecule has 0 atom stereocenters. The van der Waals surface area contributed by atoms with Gasteiger partial charge in [-0.3, -0.25) is 14.5 Å². The lowest BCUT2D eigenvalue weighted by Crippen LogP contribution is -2.33. The Balaban J connectivity index is 1.42. The predicted molar refractivity (Wildman–Crippen MR) is 132 cm³/mol. The maximum atomic E-state index is 13.3. The lowest BCUT2D eigenvalue weighted by molar-refractivity contribution is -0.120. The number of carbonyl (C=O) groups excluding carboxylic acids is 2. The summed E-state index contributed by atoms with van der Waals surface area (Å²) in [4.78, 5) is 36.5. The summed E-state index contributed by atoms with van der Waals surface area (Å²) in [6, 6.07) is 9.27. The zero-order valence-electron chi connectivity index (χ0n) is 19.4. The number of aromatic nitrogens is 3. The molecule has 1 aliphatic rings. The van der Waals surface area contributed by atoms with Gasteiger partial charge in [-0.25, -0.2) is 9.97 Å². The van der Waals surface area contributed by atoms with E-state index in [9.17, 15) is 9.59 Å². The van der Waals surface area contributed by atoms with E-state index in [1.165, 1.54) is 17.5 Å². The predicted octanol–water partition coefficient (Wildman–Crippen LogP) is 3.38. The number of benzene rings is 1. The van der Waals surface area contributed by atoms with Crippen molar-refractivity contribution in [3.8, 4) is 6.07 Å². The minimum atomic E-state index is -0.199. The monoisotopic (exact) mass is 492 g/mol. The summed E-state index contributed by atoms with van der Waals surface area (Å²) in [7, 11) is 0. The van der Waals surface area contributed by atoms with E-state index in [0.717, 1.165) is 31.4 Å². The van der Waals surface area contributed by atoms with Gasteiger partial charge in [0.15, 0.2) is 5.13 Å². The fourth-order valence-corrected chi connectivity index (χ4v) is 4.75. The number of nitrogens with one attached hydrogen (secondary N) is 1. The second kappa shape index (κ2) is 12.2. The summed E-state index contributed by atoms with van der Waals surface area (Å²) in [6.07, 6.45) is 9.80. The molecule has 35 heavy (non-hydrogen) atoms. The highest BCUT2D eigenvalue weighted by molar-refractivity contribution is 7.17. The van der Waals surface area contributed by atoms with Crippen molar-refractivity contribution < 1.29 is 14.3 Å². The molecule has 2 aromatic heterocycles. The van der Waals surface area contributed by atoms with Crippen molar-refractivity contribution in [2.45, 2.75) is 38.8 Å². The van der Waals surface area contributed by atoms with E-state index in [4.69, 9.17) is 10.00 Å². The van der Waals surface area contributed by atoms with Crippen LogP contribution in [0, 0.1) is 17.2 Å². The Morgan fingerprint density at radius 2 is 2.06 bits per heavy atom. The van der Waals surface area contributed by atoms with Crippen LogP contribution in [0.4, 0.5) is 5.13 Å². The molecule has 1 aromatic carbocycles. The number of carbonyl (C=O) groups is 2. The van der Waals surface area contributed by atoms with E-state index in [1.54, 1.807) is 29.6 Å². The normalized spacial score (nSPS) is 13.8. The highest BCUT2D eigenvalue weighted by atomic mass is 32.1. The molecule has 0 saturated carbocycles. The van der Waals surface area contributed by atoms with Gasteiger partial charge >= 0.3 is 0 Å². The highest BCUT2D eigenvalue weighted by Gasteiger charge is 2.25. The molecule has 0 unspecified atom stereocenters. The van der Waals surface area contributed by atoms with Gasteiger partial charge in [-0.15, -0.1) is 0 Å². The van der Waals surface area contributed by atoms with Crippen LogP contribution in [-0.4, -0.2) is 46.1 Å². The molecular weight excluding hydrogens is 464 g/mol. The summed E-state index contributed by atoms with van der Waals surface area (Å²) >= 11 is 1.21. The first-order valence-corrected chi connectivity index (χ1v) is 12.5. The van der Waals surface area contributed by atoms with Crippen LogP contribution in [0.25, 0.3) is 0 Å². The Kier molecular flexibility index (Phi) is 8.59. The van der Waals surface area contributed by atoms with E-state index in [0.29, 0.717) is 48.3 Å². The van der Waals surface area contributed by atoms with Crippen molar-refractivity contribution in [3.05, 3.63) is 65.2 Å². The minimum absolute atomic E-state index is 0.0251. The number of aryl methyl sites for hydroxylation is 1. The Labute approximate surface area is 208 Å². The van der Waals surface area contributed by atoms with Gasteiger partial charge in [-0.1, -0.05) is 23.5 Å². The lowest BCUT2D eigenvalue weighted by Gasteiger charge is -2.25. The smallest absolute Gasteiger partial charge is 0.263 e. The first kappa shape index (κ1) is 24.6. The fourth-order valence-electron chi connectivity index (χ4n) is 3.90. The van der Waals surface area contributed by atoms with E-state index in [2.05, 4.69) is 21.4 Å². The number of imidazole rings is 1. The average Bonchev–Trinajstić information content (AvgIpc) is 3.59. The third-order valence-electron chi connectivity index (χ3n) is 5.91. The number of rotatable bonds is 10. The van der Waals surface area contributed by atoms with Crippen LogP contribution >= 0.6 is 11.3 Å². The molecule has 1 fully saturated rings. The minimum Gasteiger partial charge on any atom is -0.381 e. The van der Waals surface area contributed by atoms with Gasteiger partial charge in [0.25, 0.3) is 5.91 Å². The summed E-state index contributed by atoms with van der Waals surface area (Å²) in [5.74, 6) is 0.0513. The molecule has 182 valence electrons. The molecular formula is C25H28N6O3S. The van der Waals surface area contributed by atoms with Crippen molar-refractivity contribution in [1.29, 1.82) is 5.26 Å². The van der Waals surface area contributed by atoms with Gasteiger partial charge in [-0.05, 0) is 42.9 Å². The van der Waals surface area contributed by atoms with E-state index >= 15 is 0 Å². The van der Waals surface area contributed by atoms with Crippen molar-refractivity contribution in [1.82, 2.24) is 19.9 Å². The SMILES string of the molecule is N#Cc1ccc(CN(C(=O)CC2CCOCC2)c2ncc(C(=O)NCCCn3ccnc3)s2)cc1. The number of anilines is 1. The molecule has 2 amide bonds. The molecule has 0 spiro atoms. The lowest BCUT2D eigenvalue weighted by atomic mass is 9.96. The van der Waals surface area contributed by atoms with Crippen LogP contribution in [0.3, 0.4) is 0 Å². The maximum Gasteiger partial charge on any atom is 0.263 e. The summed E-state index contributed by atoms with van der Waals surface area (Å²) in [5.41, 5.74) is 1.46. The van der Waals surface area contributed by atoms with Crippen LogP contribution in [-0.2, 0) is 22.6 Å². The quantitative estimate of drug-likeness (QED) is 0.434. The summed E-state index contributed by atoms with van der Waals surface area (Å²) in [6.45, 7) is 2.98. The number of ether oxygens (including phenoxy) is 1. The van der Waals surface area contributed by atoms with Crippen LogP contribution in [0.5, 0.6) is 0 Å². The Morgan fingerprint density at radius 3 is 2.77 bits per heavy atom. The van der Waals surface area contributed by atoms with Crippen molar-refractivity contribution in [3.63, 3.8) is 0 Å². The number of hydrogen-bond donors (Lipinski definition) is 1. The van der Waals surface area contributed by atoms with Gasteiger partial charge in [-0.2, -0.15) is 5.26 Å². The number of nitrogens with zero attached hydrogens (tertiary/aromatic N) is 5. The van der Waals surface area contributed by atoms with Crippen LogP contribution in [0.15, 0.2) is 49.2 Å². The standard InChI is InChI=1S/C25H28N6O3S/c26-15-20-2-4-21(5-3-20)17-31(23(32)14-19-6-12-34-13-7-19)25-29-16-22(35-25)24(33)28-8-1-10-30-11-9-27-18-30/h2-5,9,11,16,18-19H,1,6-8,10,12-14,17H2,(H,28,33). The van der Waals surface area contributed by atoms with Gasteiger partial charge in [0.1, 0.15) is 4.88 Å². The second-order valence-electron chi connectivity index (χ2n) is 8.47. The molecule has 0 bridgehead atoms. The Hall–Kier alpha value is -3.55. The van der Waals surface area contributed by atoms with Crippen LogP contribution in [0.2, 0.25) is 0 Å². The third kappa shape index (κ3) is 6.97. The number of hydrogen-bond acceptors (Lipinski definition) is 7. The summed E-state index contributed by atoms with van der Waals surface area (Å²) in [5, 5.41) is 12.5. The van der Waals surface area contributed by atoms with Gasteiger partial charge in [0.05, 0.1) is 30.7 Å². The molecule has 3 aromatic rings. The van der Waals surface area contributed by atoms with Gasteiger partial charge < -0.3 is 14.6 Å². The molecule has 0 radical (unpaired) electrons. The van der Waals surface area contributed by atoms with Crippen molar-refractivity contribution in [2.75, 3.05) is 24.7 Å². The molecule has 4 rings (SSSR count). The summed E-state index contributed by atoms with van der Waals surface area (Å²) < 4.78 is 7.38. The molecule has 1 aliphatic heterocycles. The van der Waals surface area contributed by atoms with E-state index in [1.807, 2.05) is 22.9 Å². The molecule has 9 nitrogen and oxygen atoms in total. The number of thiazole rings is 1. The molecule has 10 heteroatoms. The van der Waals surface area contributed by atoms with Crippen molar-refractivity contribution in [2.24, 2.45) is 5.92 Å². The Morgan fingerprint density at radius 1 is 1.26 bits per heavy atom. The second-order valence-corrected chi connectivity index (χ2v) is 9.47. The molecule has 1 saturated heterocycles. The first-order valence-electron chi connectivity index (χ1n) is 11.7. The van der Waals surface area contributed by atoms with Crippen molar-refractivity contribution >= 4 is 28.3 Å².